The Morgan fingerprint density at radius 1 is 0.722 bits per heavy atom. The fourth-order valence-electron chi connectivity index (χ4n) is 4.09. The highest BCUT2D eigenvalue weighted by molar-refractivity contribution is 6.28. The average molecular weight is 487 g/mol. The molecule has 2 aliphatic heterocycles. The summed E-state index contributed by atoms with van der Waals surface area (Å²) >= 11 is 0. The number of hydrogen-bond donors (Lipinski definition) is 0. The van der Waals surface area contributed by atoms with Crippen molar-refractivity contribution < 1.29 is 23.9 Å². The lowest BCUT2D eigenvalue weighted by Crippen LogP contribution is -2.32. The molecular formula is C29H30N2O5. The van der Waals surface area contributed by atoms with Gasteiger partial charge in [-0.25, -0.2) is 4.90 Å². The molecule has 2 aromatic carbocycles. The number of carbonyl (C=O) groups is 3. The monoisotopic (exact) mass is 486 g/mol. The summed E-state index contributed by atoms with van der Waals surface area (Å²) in [5, 5.41) is 0. The summed E-state index contributed by atoms with van der Waals surface area (Å²) in [5.41, 5.74) is 1.87. The van der Waals surface area contributed by atoms with Crippen molar-refractivity contribution in [2.24, 2.45) is 0 Å². The number of benzene rings is 2. The molecule has 0 atom stereocenters. The molecule has 0 unspecified atom stereocenters. The normalized spacial score (nSPS) is 16.0. The predicted octanol–water partition coefficient (Wildman–Crippen LogP) is 5.03. The molecule has 0 saturated carbocycles. The first-order chi connectivity index (χ1) is 17.0. The van der Waals surface area contributed by atoms with Gasteiger partial charge in [-0.1, -0.05) is 18.7 Å². The van der Waals surface area contributed by atoms with Gasteiger partial charge in [-0.3, -0.25) is 19.3 Å². The third-order valence-electron chi connectivity index (χ3n) is 6.21. The molecule has 36 heavy (non-hydrogen) atoms. The van der Waals surface area contributed by atoms with Crippen molar-refractivity contribution in [2.45, 2.75) is 45.3 Å². The van der Waals surface area contributed by atoms with Crippen LogP contribution in [-0.2, 0) is 24.7 Å². The molecule has 0 aliphatic carbocycles. The van der Waals surface area contributed by atoms with E-state index in [1.807, 2.05) is 52.0 Å². The first-order valence-electron chi connectivity index (χ1n) is 11.8. The largest absolute Gasteiger partial charge is 0.488 e. The number of carbonyl (C=O) groups excluding carboxylic acids is 3. The third-order valence-corrected chi connectivity index (χ3v) is 6.21. The number of ether oxygens (including phenoxy) is 2. The van der Waals surface area contributed by atoms with Crippen molar-refractivity contribution in [2.75, 3.05) is 16.4 Å². The van der Waals surface area contributed by atoms with Crippen LogP contribution in [0.5, 0.6) is 5.75 Å². The fourth-order valence-corrected chi connectivity index (χ4v) is 4.09. The van der Waals surface area contributed by atoms with Gasteiger partial charge in [-0.15, -0.1) is 0 Å². The Labute approximate surface area is 211 Å². The predicted molar refractivity (Wildman–Crippen MR) is 139 cm³/mol. The molecule has 0 radical (unpaired) electrons. The Balaban J connectivity index is 1.31. The lowest BCUT2D eigenvalue weighted by Gasteiger charge is -2.31. The first kappa shape index (κ1) is 25.1. The molecule has 0 N–H and O–H groups in total. The van der Waals surface area contributed by atoms with Gasteiger partial charge in [0, 0.05) is 36.0 Å². The van der Waals surface area contributed by atoms with E-state index in [2.05, 4.69) is 6.58 Å². The van der Waals surface area contributed by atoms with Crippen LogP contribution in [0.25, 0.3) is 0 Å². The zero-order valence-electron chi connectivity index (χ0n) is 21.0. The number of imide groups is 1. The van der Waals surface area contributed by atoms with Gasteiger partial charge >= 0.3 is 0 Å². The highest BCUT2D eigenvalue weighted by Gasteiger charge is 2.28. The Hall–Kier alpha value is -3.97. The molecule has 0 aromatic heterocycles. The number of nitrogens with zero attached hydrogens (tertiary/aromatic N) is 2. The lowest BCUT2D eigenvalue weighted by atomic mass is 9.97. The van der Waals surface area contributed by atoms with Crippen LogP contribution in [0.3, 0.4) is 0 Å². The molecule has 7 heteroatoms. The second kappa shape index (κ2) is 9.59. The van der Waals surface area contributed by atoms with E-state index in [-0.39, 0.29) is 17.7 Å². The number of amides is 3. The van der Waals surface area contributed by atoms with Crippen molar-refractivity contribution in [3.63, 3.8) is 0 Å². The zero-order chi connectivity index (χ0) is 26.1. The Bertz CT molecular complexity index is 1220. The van der Waals surface area contributed by atoms with Gasteiger partial charge in [0.05, 0.1) is 17.9 Å². The third kappa shape index (κ3) is 5.31. The van der Waals surface area contributed by atoms with Gasteiger partial charge in [-0.2, -0.15) is 0 Å². The van der Waals surface area contributed by atoms with Crippen molar-refractivity contribution >= 4 is 29.1 Å². The Kier molecular flexibility index (Phi) is 6.69. The molecule has 2 aliphatic rings. The van der Waals surface area contributed by atoms with Crippen molar-refractivity contribution in [1.29, 1.82) is 0 Å². The minimum absolute atomic E-state index is 0.102. The van der Waals surface area contributed by atoms with Crippen molar-refractivity contribution in [3.05, 3.63) is 90.7 Å². The molecule has 2 heterocycles. The summed E-state index contributed by atoms with van der Waals surface area (Å²) in [6, 6.07) is 14.6. The highest BCUT2D eigenvalue weighted by atomic mass is 16.5. The Morgan fingerprint density at radius 3 is 1.78 bits per heavy atom. The molecule has 186 valence electrons. The van der Waals surface area contributed by atoms with E-state index in [1.165, 1.54) is 18.2 Å². The van der Waals surface area contributed by atoms with Crippen LogP contribution < -0.4 is 14.5 Å². The number of anilines is 2. The molecule has 0 bridgehead atoms. The second-order valence-corrected chi connectivity index (χ2v) is 9.85. The minimum atomic E-state index is -0.538. The second-order valence-electron chi connectivity index (χ2n) is 9.85. The van der Waals surface area contributed by atoms with Crippen molar-refractivity contribution in [3.8, 4) is 5.75 Å². The highest BCUT2D eigenvalue weighted by Crippen LogP contribution is 2.31. The maximum Gasteiger partial charge on any atom is 0.258 e. The van der Waals surface area contributed by atoms with Crippen LogP contribution in [0.2, 0.25) is 0 Å². The van der Waals surface area contributed by atoms with E-state index < -0.39 is 11.2 Å². The number of rotatable bonds is 9. The summed E-state index contributed by atoms with van der Waals surface area (Å²) in [4.78, 5) is 38.4. The lowest BCUT2D eigenvalue weighted by molar-refractivity contribution is -0.120. The first-order valence-corrected chi connectivity index (χ1v) is 11.8. The van der Waals surface area contributed by atoms with Gasteiger partial charge < -0.3 is 9.47 Å². The van der Waals surface area contributed by atoms with Crippen LogP contribution in [0.15, 0.2) is 85.1 Å². The summed E-state index contributed by atoms with van der Waals surface area (Å²) < 4.78 is 12.4. The summed E-state index contributed by atoms with van der Waals surface area (Å²) in [6.07, 6.45) is 6.36. The maximum atomic E-state index is 12.0. The van der Waals surface area contributed by atoms with E-state index in [1.54, 1.807) is 35.2 Å². The molecular weight excluding hydrogens is 456 g/mol. The molecule has 7 nitrogen and oxygen atoms in total. The topological polar surface area (TPSA) is 76.2 Å². The molecule has 0 spiro atoms. The van der Waals surface area contributed by atoms with Crippen molar-refractivity contribution in [1.82, 2.24) is 0 Å². The number of hydrogen-bond acceptors (Lipinski definition) is 5. The van der Waals surface area contributed by atoms with Crippen LogP contribution in [0.4, 0.5) is 11.4 Å². The van der Waals surface area contributed by atoms with E-state index in [0.717, 1.165) is 16.2 Å². The number of allylic oxidation sites excluding steroid dienone is 1. The van der Waals surface area contributed by atoms with Gasteiger partial charge in [0.15, 0.2) is 0 Å². The Morgan fingerprint density at radius 2 is 1.22 bits per heavy atom. The fraction of sp³-hybridized carbons (Fsp3) is 0.276. The average Bonchev–Trinajstić information content (AvgIpc) is 3.34. The van der Waals surface area contributed by atoms with E-state index in [9.17, 15) is 14.4 Å². The van der Waals surface area contributed by atoms with Crippen LogP contribution in [-0.4, -0.2) is 29.9 Å². The smallest absolute Gasteiger partial charge is 0.258 e. The van der Waals surface area contributed by atoms with Gasteiger partial charge in [0.2, 0.25) is 0 Å². The summed E-state index contributed by atoms with van der Waals surface area (Å²) in [7, 11) is 0. The maximum absolute atomic E-state index is 12.0. The van der Waals surface area contributed by atoms with Crippen LogP contribution in [0, 0.1) is 0 Å². The van der Waals surface area contributed by atoms with Crippen LogP contribution >= 0.6 is 0 Å². The molecule has 4 rings (SSSR count). The SMILES string of the molecule is C=C1C=CC(=O)N1c1ccc(C(C)(C)OCCC(C)(C)Oc2ccc(N3C(=O)C=CC3=O)cc2)cc1. The van der Waals surface area contributed by atoms with E-state index in [0.29, 0.717) is 30.2 Å². The molecule has 0 saturated heterocycles. The zero-order valence-corrected chi connectivity index (χ0v) is 21.0. The quantitative estimate of drug-likeness (QED) is 0.465. The summed E-state index contributed by atoms with van der Waals surface area (Å²) in [5.74, 6) is -0.167. The van der Waals surface area contributed by atoms with E-state index in [4.69, 9.17) is 9.47 Å². The van der Waals surface area contributed by atoms with E-state index >= 15 is 0 Å². The van der Waals surface area contributed by atoms with Crippen LogP contribution in [0.1, 0.15) is 39.7 Å². The molecule has 2 aromatic rings. The molecule has 3 amide bonds. The molecule has 0 fully saturated rings. The van der Waals surface area contributed by atoms with Gasteiger partial charge in [0.1, 0.15) is 11.4 Å². The standard InChI is InChI=1S/C29H30N2O5/c1-20-6-15-25(32)30(20)22-9-7-21(8-10-22)29(4,5)35-19-18-28(2,3)36-24-13-11-23(12-14-24)31-26(33)16-17-27(31)34/h6-17H,1,18-19H2,2-5H3. The minimum Gasteiger partial charge on any atom is -0.488 e. The van der Waals surface area contributed by atoms with Gasteiger partial charge in [-0.05, 0) is 75.7 Å². The summed E-state index contributed by atoms with van der Waals surface area (Å²) in [6.45, 7) is 12.4. The van der Waals surface area contributed by atoms with Gasteiger partial charge in [0.25, 0.3) is 17.7 Å².